The summed E-state index contributed by atoms with van der Waals surface area (Å²) in [5, 5.41) is 3.17. The molecule has 1 N–H and O–H groups in total. The molecule has 0 saturated carbocycles. The van der Waals surface area contributed by atoms with Crippen LogP contribution in [-0.4, -0.2) is 10.9 Å². The van der Waals surface area contributed by atoms with Crippen LogP contribution in [0.1, 0.15) is 10.5 Å². The van der Waals surface area contributed by atoms with Crippen LogP contribution in [0.4, 0.5) is 5.69 Å². The van der Waals surface area contributed by atoms with Crippen LogP contribution >= 0.6 is 55.1 Å². The number of hydrogen-bond donors (Lipinski definition) is 1. The number of nitrogens with zero attached hydrogens (tertiary/aromatic N) is 1. The van der Waals surface area contributed by atoms with Crippen LogP contribution in [-0.2, 0) is 0 Å². The summed E-state index contributed by atoms with van der Waals surface area (Å²) in [7, 11) is 0. The summed E-state index contributed by atoms with van der Waals surface area (Å²) in [6, 6.07) is 8.48. The van der Waals surface area contributed by atoms with Gasteiger partial charge in [0.2, 0.25) is 0 Å². The van der Waals surface area contributed by atoms with Gasteiger partial charge in [0.1, 0.15) is 10.8 Å². The van der Waals surface area contributed by atoms with E-state index in [4.69, 9.17) is 23.2 Å². The number of anilines is 1. The Balaban J connectivity index is 2.30. The van der Waals surface area contributed by atoms with Gasteiger partial charge in [-0.3, -0.25) is 4.79 Å². The van der Waals surface area contributed by atoms with Crippen LogP contribution in [0.2, 0.25) is 10.2 Å². The van der Waals surface area contributed by atoms with Gasteiger partial charge in [-0.05, 0) is 46.3 Å². The maximum absolute atomic E-state index is 12.1. The lowest BCUT2D eigenvalue weighted by atomic mass is 10.3. The minimum Gasteiger partial charge on any atom is -0.320 e. The molecule has 0 bridgehead atoms. The van der Waals surface area contributed by atoms with Crippen molar-refractivity contribution < 1.29 is 4.79 Å². The molecule has 0 spiro atoms. The van der Waals surface area contributed by atoms with Crippen LogP contribution in [0.15, 0.2) is 39.3 Å². The maximum atomic E-state index is 12.1. The number of carbonyl (C=O) groups excluding carboxylic acids is 1. The summed E-state index contributed by atoms with van der Waals surface area (Å²) in [4.78, 5) is 16.0. The molecule has 7 heteroatoms. The zero-order valence-corrected chi connectivity index (χ0v) is 13.9. The molecule has 19 heavy (non-hydrogen) atoms. The van der Waals surface area contributed by atoms with Gasteiger partial charge < -0.3 is 5.32 Å². The minimum absolute atomic E-state index is 0.0843. The molecule has 0 aliphatic heterocycles. The highest BCUT2D eigenvalue weighted by atomic mass is 79.9. The number of hydrogen-bond acceptors (Lipinski definition) is 2. The number of benzene rings is 1. The SMILES string of the molecule is O=C(Nc1cc(Br)ccc1Br)c1nc(Cl)ccc1Cl. The third-order valence-corrected chi connectivity index (χ3v) is 3.90. The third-order valence-electron chi connectivity index (χ3n) is 2.20. The fourth-order valence-corrected chi connectivity index (χ4v) is 2.40. The number of pyridine rings is 1. The first-order valence-electron chi connectivity index (χ1n) is 5.06. The number of aromatic nitrogens is 1. The monoisotopic (exact) mass is 422 g/mol. The van der Waals surface area contributed by atoms with Crippen molar-refractivity contribution in [3.63, 3.8) is 0 Å². The van der Waals surface area contributed by atoms with Gasteiger partial charge >= 0.3 is 0 Å². The number of nitrogens with one attached hydrogen (secondary N) is 1. The highest BCUT2D eigenvalue weighted by Crippen LogP contribution is 2.27. The van der Waals surface area contributed by atoms with Gasteiger partial charge in [-0.15, -0.1) is 0 Å². The second-order valence-electron chi connectivity index (χ2n) is 3.54. The molecule has 1 aromatic carbocycles. The Morgan fingerprint density at radius 1 is 1.16 bits per heavy atom. The van der Waals surface area contributed by atoms with E-state index in [1.807, 2.05) is 12.1 Å². The van der Waals surface area contributed by atoms with Crippen molar-refractivity contribution in [1.29, 1.82) is 0 Å². The van der Waals surface area contributed by atoms with E-state index in [1.54, 1.807) is 6.07 Å². The highest BCUT2D eigenvalue weighted by Gasteiger charge is 2.14. The number of rotatable bonds is 2. The quantitative estimate of drug-likeness (QED) is 0.676. The van der Waals surface area contributed by atoms with Gasteiger partial charge in [0.05, 0.1) is 10.7 Å². The Bertz CT molecular complexity index is 650. The molecule has 2 aromatic rings. The average Bonchev–Trinajstić information content (AvgIpc) is 2.36. The lowest BCUT2D eigenvalue weighted by Crippen LogP contribution is -2.14. The molecule has 1 aromatic heterocycles. The van der Waals surface area contributed by atoms with Crippen LogP contribution in [0, 0.1) is 0 Å². The number of halogens is 4. The Morgan fingerprint density at radius 3 is 2.63 bits per heavy atom. The molecule has 0 radical (unpaired) electrons. The molecule has 0 saturated heterocycles. The Labute approximate surface area is 136 Å². The van der Waals surface area contributed by atoms with Crippen molar-refractivity contribution in [3.05, 3.63) is 55.1 Å². The standard InChI is InChI=1S/C12H6Br2Cl2N2O/c13-6-1-2-7(14)9(5-6)17-12(19)11-8(15)3-4-10(16)18-11/h1-5H,(H,17,19). The van der Waals surface area contributed by atoms with E-state index in [0.717, 1.165) is 8.95 Å². The first-order valence-corrected chi connectivity index (χ1v) is 7.40. The molecular formula is C12H6Br2Cl2N2O. The first-order chi connectivity index (χ1) is 8.97. The Kier molecular flexibility index (Phi) is 4.84. The van der Waals surface area contributed by atoms with Crippen molar-refractivity contribution in [2.45, 2.75) is 0 Å². The molecule has 1 heterocycles. The lowest BCUT2D eigenvalue weighted by Gasteiger charge is -2.08. The summed E-state index contributed by atoms with van der Waals surface area (Å²) in [5.74, 6) is -0.425. The van der Waals surface area contributed by atoms with Crippen molar-refractivity contribution in [2.24, 2.45) is 0 Å². The zero-order valence-electron chi connectivity index (χ0n) is 9.25. The third kappa shape index (κ3) is 3.69. The van der Waals surface area contributed by atoms with Gasteiger partial charge in [0.25, 0.3) is 5.91 Å². The highest BCUT2D eigenvalue weighted by molar-refractivity contribution is 9.11. The van der Waals surface area contributed by atoms with Gasteiger partial charge in [0, 0.05) is 8.95 Å². The van der Waals surface area contributed by atoms with Crippen molar-refractivity contribution in [3.8, 4) is 0 Å². The van der Waals surface area contributed by atoms with Crippen molar-refractivity contribution in [2.75, 3.05) is 5.32 Å². The minimum atomic E-state index is -0.425. The summed E-state index contributed by atoms with van der Waals surface area (Å²) >= 11 is 18.4. The number of carbonyl (C=O) groups is 1. The summed E-state index contributed by atoms with van der Waals surface area (Å²) in [6.45, 7) is 0. The second kappa shape index (κ2) is 6.22. The van der Waals surface area contributed by atoms with E-state index in [9.17, 15) is 4.79 Å². The van der Waals surface area contributed by atoms with Crippen molar-refractivity contribution in [1.82, 2.24) is 4.98 Å². The van der Waals surface area contributed by atoms with Gasteiger partial charge in [-0.1, -0.05) is 39.1 Å². The van der Waals surface area contributed by atoms with E-state index in [-0.39, 0.29) is 15.9 Å². The van der Waals surface area contributed by atoms with E-state index in [2.05, 4.69) is 42.2 Å². The average molecular weight is 425 g/mol. The van der Waals surface area contributed by atoms with Gasteiger partial charge in [-0.25, -0.2) is 4.98 Å². The maximum Gasteiger partial charge on any atom is 0.275 e. The predicted octanol–water partition coefficient (Wildman–Crippen LogP) is 5.17. The second-order valence-corrected chi connectivity index (χ2v) is 6.11. The summed E-state index contributed by atoms with van der Waals surface area (Å²) in [5.41, 5.74) is 0.693. The smallest absolute Gasteiger partial charge is 0.275 e. The normalized spacial score (nSPS) is 10.3. The molecule has 2 rings (SSSR count). The fraction of sp³-hybridized carbons (Fsp3) is 0. The van der Waals surface area contributed by atoms with Crippen molar-refractivity contribution >= 4 is 66.7 Å². The molecule has 0 aliphatic rings. The first kappa shape index (κ1) is 14.8. The van der Waals surface area contributed by atoms with E-state index in [1.165, 1.54) is 12.1 Å². The molecular weight excluding hydrogens is 419 g/mol. The van der Waals surface area contributed by atoms with Crippen LogP contribution < -0.4 is 5.32 Å². The Morgan fingerprint density at radius 2 is 1.89 bits per heavy atom. The number of amides is 1. The van der Waals surface area contributed by atoms with Crippen LogP contribution in [0.25, 0.3) is 0 Å². The molecule has 0 atom stereocenters. The molecule has 3 nitrogen and oxygen atoms in total. The van der Waals surface area contributed by atoms with E-state index >= 15 is 0 Å². The molecule has 0 fully saturated rings. The zero-order chi connectivity index (χ0) is 14.0. The van der Waals surface area contributed by atoms with E-state index < -0.39 is 5.91 Å². The predicted molar refractivity (Wildman–Crippen MR) is 84.1 cm³/mol. The van der Waals surface area contributed by atoms with E-state index in [0.29, 0.717) is 5.69 Å². The lowest BCUT2D eigenvalue weighted by molar-refractivity contribution is 0.102. The Hall–Kier alpha value is -0.620. The fourth-order valence-electron chi connectivity index (χ4n) is 1.35. The summed E-state index contributed by atoms with van der Waals surface area (Å²) < 4.78 is 1.60. The molecule has 0 aliphatic carbocycles. The molecule has 1 amide bonds. The van der Waals surface area contributed by atoms with Gasteiger partial charge in [-0.2, -0.15) is 0 Å². The molecule has 98 valence electrons. The van der Waals surface area contributed by atoms with Crippen LogP contribution in [0.5, 0.6) is 0 Å². The molecule has 0 unspecified atom stereocenters. The largest absolute Gasteiger partial charge is 0.320 e. The van der Waals surface area contributed by atoms with Crippen LogP contribution in [0.3, 0.4) is 0 Å². The topological polar surface area (TPSA) is 42.0 Å². The summed E-state index contributed by atoms with van der Waals surface area (Å²) in [6.07, 6.45) is 0. The van der Waals surface area contributed by atoms with Gasteiger partial charge in [0.15, 0.2) is 0 Å².